The van der Waals surface area contributed by atoms with Crippen molar-refractivity contribution in [1.29, 1.82) is 0 Å². The van der Waals surface area contributed by atoms with Crippen molar-refractivity contribution in [3.8, 4) is 0 Å². The zero-order chi connectivity index (χ0) is 22.5. The van der Waals surface area contributed by atoms with Crippen LogP contribution in [0.4, 0.5) is 0 Å². The first-order valence-electron chi connectivity index (χ1n) is 12.4. The van der Waals surface area contributed by atoms with Gasteiger partial charge in [0.1, 0.15) is 6.10 Å². The lowest BCUT2D eigenvalue weighted by molar-refractivity contribution is -0.150. The molecule has 4 aliphatic rings. The van der Waals surface area contributed by atoms with Gasteiger partial charge < -0.3 is 9.47 Å². The Morgan fingerprint density at radius 2 is 1.81 bits per heavy atom. The summed E-state index contributed by atoms with van der Waals surface area (Å²) >= 11 is 0. The lowest BCUT2D eigenvalue weighted by Crippen LogP contribution is -2.54. The fourth-order valence-corrected chi connectivity index (χ4v) is 7.70. The van der Waals surface area contributed by atoms with Gasteiger partial charge >= 0.3 is 5.97 Å². The van der Waals surface area contributed by atoms with Crippen LogP contribution in [0.1, 0.15) is 71.3 Å². The Morgan fingerprint density at radius 3 is 2.56 bits per heavy atom. The minimum atomic E-state index is -0.222. The number of hydrogen-bond donors (Lipinski definition) is 0. The maximum Gasteiger partial charge on any atom is 0.302 e. The summed E-state index contributed by atoms with van der Waals surface area (Å²) in [6.45, 7) is 6.87. The van der Waals surface area contributed by atoms with Crippen LogP contribution in [0, 0.1) is 28.6 Å². The van der Waals surface area contributed by atoms with Crippen LogP contribution in [-0.4, -0.2) is 24.0 Å². The molecular weight excluding hydrogens is 400 g/mol. The van der Waals surface area contributed by atoms with Crippen LogP contribution in [-0.2, 0) is 25.7 Å². The molecule has 0 unspecified atom stereocenters. The van der Waals surface area contributed by atoms with Gasteiger partial charge in [-0.1, -0.05) is 49.8 Å². The molecule has 0 aromatic heterocycles. The molecule has 0 saturated heterocycles. The molecule has 4 heteroatoms. The van der Waals surface area contributed by atoms with Crippen LogP contribution in [0.5, 0.6) is 0 Å². The third-order valence-electron chi connectivity index (χ3n) is 9.44. The number of ketones is 1. The van der Waals surface area contributed by atoms with E-state index >= 15 is 0 Å². The van der Waals surface area contributed by atoms with Gasteiger partial charge in [0.2, 0.25) is 0 Å². The molecule has 5 rings (SSSR count). The van der Waals surface area contributed by atoms with E-state index < -0.39 is 0 Å². The van der Waals surface area contributed by atoms with Gasteiger partial charge in [-0.3, -0.25) is 9.59 Å². The second kappa shape index (κ2) is 8.13. The number of carbonyl (C=O) groups is 2. The third kappa shape index (κ3) is 3.55. The first-order valence-corrected chi connectivity index (χ1v) is 12.4. The molecule has 0 bridgehead atoms. The van der Waals surface area contributed by atoms with Crippen LogP contribution < -0.4 is 0 Å². The Bertz CT molecular complexity index is 921. The van der Waals surface area contributed by atoms with Crippen molar-refractivity contribution >= 4 is 11.8 Å². The minimum absolute atomic E-state index is 0.0551. The predicted octanol–water partition coefficient (Wildman–Crippen LogP) is 5.65. The Hall–Kier alpha value is -1.94. The molecule has 0 spiro atoms. The molecule has 0 N–H and O–H groups in total. The summed E-state index contributed by atoms with van der Waals surface area (Å²) < 4.78 is 12.0. The van der Waals surface area contributed by atoms with E-state index in [-0.39, 0.29) is 34.9 Å². The molecular formula is C28H36O4. The first-order chi connectivity index (χ1) is 15.3. The molecule has 172 valence electrons. The topological polar surface area (TPSA) is 52.6 Å². The van der Waals surface area contributed by atoms with Crippen LogP contribution in [0.15, 0.2) is 42.0 Å². The van der Waals surface area contributed by atoms with E-state index in [9.17, 15) is 9.59 Å². The van der Waals surface area contributed by atoms with Crippen LogP contribution in [0.25, 0.3) is 0 Å². The normalized spacial score (nSPS) is 40.7. The molecule has 0 heterocycles. The van der Waals surface area contributed by atoms with Crippen molar-refractivity contribution < 1.29 is 19.1 Å². The fourth-order valence-electron chi connectivity index (χ4n) is 7.70. The summed E-state index contributed by atoms with van der Waals surface area (Å²) in [5.74, 6) is 0.999. The minimum Gasteiger partial charge on any atom is -0.462 e. The highest BCUT2D eigenvalue weighted by molar-refractivity contribution is 5.94. The molecule has 32 heavy (non-hydrogen) atoms. The number of carbonyl (C=O) groups excluding carboxylic acids is 2. The lowest BCUT2D eigenvalue weighted by atomic mass is 9.47. The Balaban J connectivity index is 1.35. The van der Waals surface area contributed by atoms with Crippen LogP contribution >= 0.6 is 0 Å². The number of benzene rings is 1. The third-order valence-corrected chi connectivity index (χ3v) is 9.44. The molecule has 1 aromatic rings. The zero-order valence-corrected chi connectivity index (χ0v) is 19.6. The van der Waals surface area contributed by atoms with Crippen molar-refractivity contribution in [2.45, 2.75) is 84.5 Å². The maximum absolute atomic E-state index is 13.5. The zero-order valence-electron chi connectivity index (χ0n) is 19.6. The summed E-state index contributed by atoms with van der Waals surface area (Å²) in [5, 5.41) is 0. The van der Waals surface area contributed by atoms with E-state index in [1.807, 2.05) is 12.1 Å². The smallest absolute Gasteiger partial charge is 0.302 e. The lowest BCUT2D eigenvalue weighted by Gasteiger charge is -2.57. The van der Waals surface area contributed by atoms with Gasteiger partial charge in [0, 0.05) is 19.3 Å². The highest BCUT2D eigenvalue weighted by Crippen LogP contribution is 2.64. The summed E-state index contributed by atoms with van der Waals surface area (Å²) in [4.78, 5) is 25.0. The standard InChI is InChI=1S/C28H36O4/c1-18(29)32-21-11-13-27(2)20(15-21)16-24(30)26-22-9-10-25(28(22,3)14-12-23(26)27)31-17-19-7-5-4-6-8-19/h4-8,16,21-23,25-26H,9-15,17H2,1-3H3/t21-,22+,23-,25-,26-,27+,28-/m0/s1. The second-order valence-corrected chi connectivity index (χ2v) is 11.1. The monoisotopic (exact) mass is 436 g/mol. The fraction of sp³-hybridized carbons (Fsp3) is 0.643. The van der Waals surface area contributed by atoms with Crippen molar-refractivity contribution in [1.82, 2.24) is 0 Å². The number of allylic oxidation sites excluding steroid dienone is 1. The number of esters is 1. The first kappa shape index (κ1) is 21.9. The number of ether oxygens (including phenoxy) is 2. The molecule has 3 saturated carbocycles. The summed E-state index contributed by atoms with van der Waals surface area (Å²) in [5.41, 5.74) is 2.56. The van der Waals surface area contributed by atoms with E-state index in [2.05, 4.69) is 38.1 Å². The van der Waals surface area contributed by atoms with Gasteiger partial charge in [0.05, 0.1) is 12.7 Å². The molecule has 4 aliphatic carbocycles. The number of hydrogen-bond acceptors (Lipinski definition) is 4. The Morgan fingerprint density at radius 1 is 1.03 bits per heavy atom. The van der Waals surface area contributed by atoms with E-state index in [1.165, 1.54) is 18.1 Å². The second-order valence-electron chi connectivity index (χ2n) is 11.1. The van der Waals surface area contributed by atoms with Gasteiger partial charge in [-0.2, -0.15) is 0 Å². The molecule has 0 radical (unpaired) electrons. The van der Waals surface area contributed by atoms with E-state index in [0.717, 1.165) is 44.9 Å². The molecule has 3 fully saturated rings. The molecule has 7 atom stereocenters. The van der Waals surface area contributed by atoms with Crippen molar-refractivity contribution in [2.75, 3.05) is 0 Å². The van der Waals surface area contributed by atoms with Gasteiger partial charge in [-0.05, 0) is 72.8 Å². The van der Waals surface area contributed by atoms with E-state index in [4.69, 9.17) is 9.47 Å². The Labute approximate surface area is 191 Å². The summed E-state index contributed by atoms with van der Waals surface area (Å²) in [6.07, 6.45) is 9.05. The van der Waals surface area contributed by atoms with Crippen LogP contribution in [0.2, 0.25) is 0 Å². The molecule has 1 aromatic carbocycles. The maximum atomic E-state index is 13.5. The van der Waals surface area contributed by atoms with Gasteiger partial charge in [0.25, 0.3) is 0 Å². The van der Waals surface area contributed by atoms with E-state index in [0.29, 0.717) is 24.2 Å². The highest BCUT2D eigenvalue weighted by Gasteiger charge is 2.61. The number of fused-ring (bicyclic) bond motifs is 5. The summed E-state index contributed by atoms with van der Waals surface area (Å²) in [6, 6.07) is 10.4. The molecule has 4 nitrogen and oxygen atoms in total. The van der Waals surface area contributed by atoms with Gasteiger partial charge in [-0.15, -0.1) is 0 Å². The van der Waals surface area contributed by atoms with Crippen LogP contribution in [0.3, 0.4) is 0 Å². The average molecular weight is 437 g/mol. The largest absolute Gasteiger partial charge is 0.462 e. The quantitative estimate of drug-likeness (QED) is 0.573. The predicted molar refractivity (Wildman–Crippen MR) is 123 cm³/mol. The number of rotatable bonds is 4. The summed E-state index contributed by atoms with van der Waals surface area (Å²) in [7, 11) is 0. The van der Waals surface area contributed by atoms with Gasteiger partial charge in [-0.25, -0.2) is 0 Å². The average Bonchev–Trinajstić information content (AvgIpc) is 3.10. The van der Waals surface area contributed by atoms with Gasteiger partial charge in [0.15, 0.2) is 5.78 Å². The van der Waals surface area contributed by atoms with E-state index in [1.54, 1.807) is 0 Å². The molecule has 0 aliphatic heterocycles. The van der Waals surface area contributed by atoms with Crippen molar-refractivity contribution in [2.24, 2.45) is 28.6 Å². The highest BCUT2D eigenvalue weighted by atomic mass is 16.5. The van der Waals surface area contributed by atoms with Crippen molar-refractivity contribution in [3.05, 3.63) is 47.5 Å². The Kier molecular flexibility index (Phi) is 5.56. The SMILES string of the molecule is CC(=O)O[C@H]1CC[C@]2(C)C(=CC(=O)[C@H]3[C@H]4CC[C@H](OCc5ccccc5)[C@@]4(C)CC[C@@H]32)C1. The molecule has 0 amide bonds. The van der Waals surface area contributed by atoms with Crippen molar-refractivity contribution in [3.63, 3.8) is 0 Å².